The molecule has 2 aliphatic rings. The van der Waals surface area contributed by atoms with Crippen LogP contribution in [0.15, 0.2) is 18.3 Å². The number of nitrogens with zero attached hydrogens (tertiary/aromatic N) is 5. The van der Waals surface area contributed by atoms with Crippen molar-refractivity contribution < 1.29 is 9.53 Å². The van der Waals surface area contributed by atoms with E-state index in [1.165, 1.54) is 0 Å². The number of hydrogen-bond acceptors (Lipinski definition) is 5. The number of amides is 1. The van der Waals surface area contributed by atoms with E-state index >= 15 is 0 Å². The minimum Gasteiger partial charge on any atom is -0.378 e. The number of ether oxygens (including phenoxy) is 1. The van der Waals surface area contributed by atoms with E-state index in [9.17, 15) is 4.79 Å². The van der Waals surface area contributed by atoms with E-state index in [0.29, 0.717) is 38.0 Å². The lowest BCUT2D eigenvalue weighted by molar-refractivity contribution is 0.0298. The SMILES string of the molecule is Cc1cccn2c(CN3CC[C@@H](N(C)C)C3)c(C(=O)N3CCOCC3)nc12. The first-order valence-corrected chi connectivity index (χ1v) is 9.77. The quantitative estimate of drug-likeness (QED) is 0.810. The third-order valence-electron chi connectivity index (χ3n) is 5.80. The molecule has 4 rings (SSSR count). The van der Waals surface area contributed by atoms with E-state index in [-0.39, 0.29) is 5.91 Å². The molecule has 0 spiro atoms. The number of pyridine rings is 1. The highest BCUT2D eigenvalue weighted by molar-refractivity contribution is 5.94. The second-order valence-electron chi connectivity index (χ2n) is 7.84. The molecule has 2 saturated heterocycles. The smallest absolute Gasteiger partial charge is 0.274 e. The number of likely N-dealkylation sites (N-methyl/N-ethyl adjacent to an activating group) is 1. The van der Waals surface area contributed by atoms with E-state index in [1.807, 2.05) is 30.2 Å². The molecular formula is C20H29N5O2. The highest BCUT2D eigenvalue weighted by atomic mass is 16.5. The summed E-state index contributed by atoms with van der Waals surface area (Å²) in [7, 11) is 4.28. The number of imidazole rings is 1. The van der Waals surface area contributed by atoms with Crippen molar-refractivity contribution in [3.8, 4) is 0 Å². The maximum atomic E-state index is 13.2. The van der Waals surface area contributed by atoms with Crippen molar-refractivity contribution in [2.45, 2.75) is 25.9 Å². The predicted octanol–water partition coefficient (Wildman–Crippen LogP) is 1.25. The third-order valence-corrected chi connectivity index (χ3v) is 5.80. The van der Waals surface area contributed by atoms with Gasteiger partial charge in [-0.2, -0.15) is 0 Å². The van der Waals surface area contributed by atoms with Crippen LogP contribution in [0, 0.1) is 6.92 Å². The Kier molecular flexibility index (Phi) is 5.16. The number of hydrogen-bond donors (Lipinski definition) is 0. The van der Waals surface area contributed by atoms with Crippen molar-refractivity contribution in [1.82, 2.24) is 24.1 Å². The maximum Gasteiger partial charge on any atom is 0.274 e. The van der Waals surface area contributed by atoms with Gasteiger partial charge in [0, 0.05) is 45.0 Å². The lowest BCUT2D eigenvalue weighted by Gasteiger charge is -2.27. The number of rotatable bonds is 4. The Hall–Kier alpha value is -1.96. The highest BCUT2D eigenvalue weighted by Crippen LogP contribution is 2.22. The van der Waals surface area contributed by atoms with Gasteiger partial charge < -0.3 is 18.9 Å². The van der Waals surface area contributed by atoms with Crippen LogP contribution in [-0.4, -0.2) is 89.5 Å². The molecule has 1 atom stereocenters. The van der Waals surface area contributed by atoms with Gasteiger partial charge in [-0.15, -0.1) is 0 Å². The second kappa shape index (κ2) is 7.58. The maximum absolute atomic E-state index is 13.2. The zero-order chi connectivity index (χ0) is 19.0. The van der Waals surface area contributed by atoms with Crippen LogP contribution in [0.3, 0.4) is 0 Å². The Morgan fingerprint density at radius 3 is 2.78 bits per heavy atom. The van der Waals surface area contributed by atoms with E-state index in [0.717, 1.165) is 43.0 Å². The van der Waals surface area contributed by atoms with Crippen LogP contribution in [-0.2, 0) is 11.3 Å². The average molecular weight is 371 g/mol. The van der Waals surface area contributed by atoms with Gasteiger partial charge in [0.25, 0.3) is 5.91 Å². The van der Waals surface area contributed by atoms with Crippen molar-refractivity contribution in [3.63, 3.8) is 0 Å². The summed E-state index contributed by atoms with van der Waals surface area (Å²) in [6, 6.07) is 4.65. The Morgan fingerprint density at radius 1 is 1.30 bits per heavy atom. The summed E-state index contributed by atoms with van der Waals surface area (Å²) in [6.07, 6.45) is 3.19. The summed E-state index contributed by atoms with van der Waals surface area (Å²) in [5.74, 6) is 0.0276. The number of carbonyl (C=O) groups is 1. The van der Waals surface area contributed by atoms with Crippen LogP contribution in [0.4, 0.5) is 0 Å². The van der Waals surface area contributed by atoms with Crippen LogP contribution in [0.25, 0.3) is 5.65 Å². The average Bonchev–Trinajstić information content (AvgIpc) is 3.29. The van der Waals surface area contributed by atoms with Crippen LogP contribution in [0.5, 0.6) is 0 Å². The molecule has 2 aliphatic heterocycles. The summed E-state index contributed by atoms with van der Waals surface area (Å²) in [4.78, 5) is 24.6. The van der Waals surface area contributed by atoms with E-state index in [4.69, 9.17) is 9.72 Å². The molecule has 0 bridgehead atoms. The van der Waals surface area contributed by atoms with Crippen LogP contribution < -0.4 is 0 Å². The van der Waals surface area contributed by atoms with Crippen molar-refractivity contribution >= 4 is 11.6 Å². The molecule has 2 fully saturated rings. The normalized spacial score (nSPS) is 21.5. The fourth-order valence-corrected chi connectivity index (χ4v) is 4.08. The topological polar surface area (TPSA) is 53.3 Å². The van der Waals surface area contributed by atoms with Gasteiger partial charge in [0.2, 0.25) is 0 Å². The molecule has 0 saturated carbocycles. The van der Waals surface area contributed by atoms with Gasteiger partial charge >= 0.3 is 0 Å². The first-order chi connectivity index (χ1) is 13.0. The van der Waals surface area contributed by atoms with Gasteiger partial charge in [0.15, 0.2) is 5.69 Å². The molecule has 2 aromatic heterocycles. The Labute approximate surface area is 160 Å². The van der Waals surface area contributed by atoms with Gasteiger partial charge in [0.1, 0.15) is 5.65 Å². The number of aryl methyl sites for hydroxylation is 1. The van der Waals surface area contributed by atoms with Gasteiger partial charge in [-0.05, 0) is 39.1 Å². The molecule has 4 heterocycles. The van der Waals surface area contributed by atoms with Gasteiger partial charge in [-0.25, -0.2) is 4.98 Å². The molecule has 27 heavy (non-hydrogen) atoms. The number of likely N-dealkylation sites (tertiary alicyclic amines) is 1. The second-order valence-corrected chi connectivity index (χ2v) is 7.84. The standard InChI is InChI=1S/C20H29N5O2/c1-15-5-4-7-25-17(14-23-8-6-16(13-23)22(2)3)18(21-19(15)25)20(26)24-9-11-27-12-10-24/h4-5,7,16H,6,8-14H2,1-3H3/t16-/m1/s1. The van der Waals surface area contributed by atoms with Gasteiger partial charge in [0.05, 0.1) is 18.9 Å². The fourth-order valence-electron chi connectivity index (χ4n) is 4.08. The molecule has 7 nitrogen and oxygen atoms in total. The largest absolute Gasteiger partial charge is 0.378 e. The molecule has 2 aromatic rings. The monoisotopic (exact) mass is 371 g/mol. The van der Waals surface area contributed by atoms with Crippen molar-refractivity contribution in [1.29, 1.82) is 0 Å². The molecule has 7 heteroatoms. The zero-order valence-corrected chi connectivity index (χ0v) is 16.5. The molecule has 0 aliphatic carbocycles. The van der Waals surface area contributed by atoms with Crippen molar-refractivity contribution in [2.75, 3.05) is 53.5 Å². The van der Waals surface area contributed by atoms with E-state index < -0.39 is 0 Å². The molecule has 146 valence electrons. The first kappa shape index (κ1) is 18.4. The predicted molar refractivity (Wildman–Crippen MR) is 104 cm³/mol. The minimum atomic E-state index is 0.0276. The number of fused-ring (bicyclic) bond motifs is 1. The van der Waals surface area contributed by atoms with Crippen molar-refractivity contribution in [2.24, 2.45) is 0 Å². The highest BCUT2D eigenvalue weighted by Gasteiger charge is 2.29. The zero-order valence-electron chi connectivity index (χ0n) is 16.5. The lowest BCUT2D eigenvalue weighted by atomic mass is 10.2. The Morgan fingerprint density at radius 2 is 2.07 bits per heavy atom. The Balaban J connectivity index is 1.67. The van der Waals surface area contributed by atoms with Crippen LogP contribution in [0.2, 0.25) is 0 Å². The summed E-state index contributed by atoms with van der Waals surface area (Å²) < 4.78 is 7.51. The van der Waals surface area contributed by atoms with Gasteiger partial charge in [-0.3, -0.25) is 9.69 Å². The summed E-state index contributed by atoms with van der Waals surface area (Å²) in [5, 5.41) is 0. The minimum absolute atomic E-state index is 0.0276. The summed E-state index contributed by atoms with van der Waals surface area (Å²) in [5.41, 5.74) is 3.57. The fraction of sp³-hybridized carbons (Fsp3) is 0.600. The molecule has 0 N–H and O–H groups in total. The van der Waals surface area contributed by atoms with E-state index in [1.54, 1.807) is 0 Å². The first-order valence-electron chi connectivity index (χ1n) is 9.77. The lowest BCUT2D eigenvalue weighted by Crippen LogP contribution is -2.41. The molecule has 0 aromatic carbocycles. The Bertz CT molecular complexity index is 825. The summed E-state index contributed by atoms with van der Waals surface area (Å²) in [6.45, 7) is 7.35. The molecule has 1 amide bonds. The van der Waals surface area contributed by atoms with Crippen molar-refractivity contribution in [3.05, 3.63) is 35.3 Å². The number of aromatic nitrogens is 2. The molecular weight excluding hydrogens is 342 g/mol. The summed E-state index contributed by atoms with van der Waals surface area (Å²) >= 11 is 0. The number of carbonyl (C=O) groups excluding carboxylic acids is 1. The number of morpholine rings is 1. The molecule has 0 radical (unpaired) electrons. The van der Waals surface area contributed by atoms with E-state index in [2.05, 4.69) is 28.3 Å². The van der Waals surface area contributed by atoms with Crippen LogP contribution >= 0.6 is 0 Å². The third kappa shape index (κ3) is 3.59. The van der Waals surface area contributed by atoms with Gasteiger partial charge in [-0.1, -0.05) is 6.07 Å². The molecule has 0 unspecified atom stereocenters. The van der Waals surface area contributed by atoms with Crippen LogP contribution in [0.1, 0.15) is 28.2 Å².